The molecule has 4 heteroatoms. The summed E-state index contributed by atoms with van der Waals surface area (Å²) < 4.78 is 16.4. The highest BCUT2D eigenvalue weighted by Gasteiger charge is 2.27. The van der Waals surface area contributed by atoms with Gasteiger partial charge in [-0.2, -0.15) is 5.10 Å². The largest absolute Gasteiger partial charge is 0.311 e. The van der Waals surface area contributed by atoms with Crippen LogP contribution in [0.2, 0.25) is 0 Å². The molecule has 2 unspecified atom stereocenters. The summed E-state index contributed by atoms with van der Waals surface area (Å²) in [6, 6.07) is 11.4. The molecule has 1 aromatic carbocycles. The second kappa shape index (κ2) is 5.53. The minimum absolute atomic E-state index is 0.0899. The van der Waals surface area contributed by atoms with Gasteiger partial charge in [-0.1, -0.05) is 24.6 Å². The summed E-state index contributed by atoms with van der Waals surface area (Å²) in [4.78, 5) is 0. The molecule has 0 bridgehead atoms. The van der Waals surface area contributed by atoms with E-state index in [9.17, 15) is 4.39 Å². The zero-order chi connectivity index (χ0) is 13.1. The Labute approximate surface area is 112 Å². The summed E-state index contributed by atoms with van der Waals surface area (Å²) in [5.74, 6) is 0. The van der Waals surface area contributed by atoms with Gasteiger partial charge in [-0.15, -0.1) is 0 Å². The van der Waals surface area contributed by atoms with Gasteiger partial charge in [0.1, 0.15) is 0 Å². The van der Waals surface area contributed by atoms with Crippen molar-refractivity contribution >= 4 is 0 Å². The molecule has 1 N–H and O–H groups in total. The maximum atomic E-state index is 14.7. The third kappa shape index (κ3) is 2.54. The first-order valence-corrected chi connectivity index (χ1v) is 6.83. The minimum atomic E-state index is -1.01. The average molecular weight is 259 g/mol. The van der Waals surface area contributed by atoms with Gasteiger partial charge in [0.05, 0.1) is 11.4 Å². The van der Waals surface area contributed by atoms with Crippen molar-refractivity contribution in [2.45, 2.75) is 31.5 Å². The summed E-state index contributed by atoms with van der Waals surface area (Å²) in [6.07, 6.45) is 3.78. The Balaban J connectivity index is 1.87. The Morgan fingerprint density at radius 3 is 2.79 bits per heavy atom. The Hall–Kier alpha value is -1.68. The lowest BCUT2D eigenvalue weighted by Crippen LogP contribution is -2.38. The van der Waals surface area contributed by atoms with Crippen molar-refractivity contribution in [3.63, 3.8) is 0 Å². The number of aromatic nitrogens is 2. The summed E-state index contributed by atoms with van der Waals surface area (Å²) in [5, 5.41) is 7.52. The number of nitrogens with zero attached hydrogens (tertiary/aromatic N) is 2. The van der Waals surface area contributed by atoms with Gasteiger partial charge in [-0.3, -0.25) is 0 Å². The number of hydrogen-bond donors (Lipinski definition) is 1. The van der Waals surface area contributed by atoms with Crippen molar-refractivity contribution in [1.82, 2.24) is 15.1 Å². The monoisotopic (exact) mass is 259 g/mol. The third-order valence-corrected chi connectivity index (χ3v) is 3.66. The lowest BCUT2D eigenvalue weighted by Gasteiger charge is -2.26. The van der Waals surface area contributed by atoms with E-state index in [0.29, 0.717) is 5.69 Å². The van der Waals surface area contributed by atoms with Crippen LogP contribution in [0.4, 0.5) is 4.39 Å². The minimum Gasteiger partial charge on any atom is -0.311 e. The lowest BCUT2D eigenvalue weighted by atomic mass is 9.99. The van der Waals surface area contributed by atoms with E-state index >= 15 is 0 Å². The van der Waals surface area contributed by atoms with Crippen molar-refractivity contribution < 1.29 is 4.39 Å². The van der Waals surface area contributed by atoms with Crippen LogP contribution < -0.4 is 5.32 Å². The number of para-hydroxylation sites is 1. The zero-order valence-corrected chi connectivity index (χ0v) is 10.8. The van der Waals surface area contributed by atoms with E-state index in [1.807, 2.05) is 30.3 Å². The molecule has 3 rings (SSSR count). The number of alkyl halides is 1. The lowest BCUT2D eigenvalue weighted by molar-refractivity contribution is 0.213. The second-order valence-corrected chi connectivity index (χ2v) is 4.96. The molecule has 2 atom stereocenters. The highest BCUT2D eigenvalue weighted by molar-refractivity contribution is 5.33. The predicted molar refractivity (Wildman–Crippen MR) is 73.1 cm³/mol. The topological polar surface area (TPSA) is 29.9 Å². The fourth-order valence-electron chi connectivity index (χ4n) is 2.64. The van der Waals surface area contributed by atoms with E-state index in [2.05, 4.69) is 10.4 Å². The van der Waals surface area contributed by atoms with Crippen LogP contribution in [0.25, 0.3) is 5.69 Å². The summed E-state index contributed by atoms with van der Waals surface area (Å²) in [5.41, 5.74) is 1.53. The van der Waals surface area contributed by atoms with E-state index in [-0.39, 0.29) is 6.04 Å². The first-order chi connectivity index (χ1) is 9.36. The molecule has 1 saturated heterocycles. The van der Waals surface area contributed by atoms with Gasteiger partial charge in [0.15, 0.2) is 6.17 Å². The first-order valence-electron chi connectivity index (χ1n) is 6.83. The number of hydrogen-bond acceptors (Lipinski definition) is 2. The van der Waals surface area contributed by atoms with Crippen molar-refractivity contribution in [3.8, 4) is 5.69 Å². The molecule has 100 valence electrons. The van der Waals surface area contributed by atoms with Gasteiger partial charge in [0.2, 0.25) is 0 Å². The van der Waals surface area contributed by atoms with Crippen LogP contribution in [0.1, 0.15) is 31.1 Å². The van der Waals surface area contributed by atoms with E-state index in [0.717, 1.165) is 31.5 Å². The van der Waals surface area contributed by atoms with Crippen LogP contribution in [0.3, 0.4) is 0 Å². The van der Waals surface area contributed by atoms with Crippen LogP contribution in [-0.4, -0.2) is 22.4 Å². The van der Waals surface area contributed by atoms with Gasteiger partial charge in [-0.25, -0.2) is 9.07 Å². The third-order valence-electron chi connectivity index (χ3n) is 3.66. The number of nitrogens with one attached hydrogen (secondary N) is 1. The van der Waals surface area contributed by atoms with Crippen molar-refractivity contribution in [1.29, 1.82) is 0 Å². The fourth-order valence-corrected chi connectivity index (χ4v) is 2.64. The number of halogens is 1. The highest BCUT2D eigenvalue weighted by atomic mass is 19.1. The molecule has 2 aromatic rings. The standard InChI is InChI=1S/C15H18FN3/c16-15(13-8-4-5-10-17-13)14-9-11-18-19(14)12-6-2-1-3-7-12/h1-3,6-7,9,11,13,15,17H,4-5,8,10H2. The van der Waals surface area contributed by atoms with Crippen molar-refractivity contribution in [2.75, 3.05) is 6.54 Å². The molecular formula is C15H18FN3. The van der Waals surface area contributed by atoms with Gasteiger partial charge in [-0.05, 0) is 37.6 Å². The van der Waals surface area contributed by atoms with E-state index in [4.69, 9.17) is 0 Å². The molecule has 2 heterocycles. The van der Waals surface area contributed by atoms with Crippen LogP contribution in [0, 0.1) is 0 Å². The molecule has 0 amide bonds. The molecule has 0 aliphatic carbocycles. The first kappa shape index (κ1) is 12.4. The Kier molecular flexibility index (Phi) is 3.60. The predicted octanol–water partition coefficient (Wildman–Crippen LogP) is 3.03. The smallest absolute Gasteiger partial charge is 0.157 e. The zero-order valence-electron chi connectivity index (χ0n) is 10.8. The van der Waals surface area contributed by atoms with Crippen LogP contribution in [-0.2, 0) is 0 Å². The molecule has 1 fully saturated rings. The normalized spacial score (nSPS) is 21.2. The average Bonchev–Trinajstić information content (AvgIpc) is 2.98. The number of piperidine rings is 1. The molecule has 19 heavy (non-hydrogen) atoms. The van der Waals surface area contributed by atoms with Crippen molar-refractivity contribution in [2.24, 2.45) is 0 Å². The molecule has 1 aliphatic heterocycles. The van der Waals surface area contributed by atoms with Gasteiger partial charge in [0.25, 0.3) is 0 Å². The Morgan fingerprint density at radius 1 is 1.21 bits per heavy atom. The van der Waals surface area contributed by atoms with Crippen molar-refractivity contribution in [3.05, 3.63) is 48.3 Å². The summed E-state index contributed by atoms with van der Waals surface area (Å²) in [7, 11) is 0. The molecule has 0 spiro atoms. The fraction of sp³-hybridized carbons (Fsp3) is 0.400. The van der Waals surface area contributed by atoms with E-state index in [1.54, 1.807) is 16.9 Å². The quantitative estimate of drug-likeness (QED) is 0.918. The van der Waals surface area contributed by atoms with Gasteiger partial charge in [0, 0.05) is 12.2 Å². The molecular weight excluding hydrogens is 241 g/mol. The number of rotatable bonds is 3. The van der Waals surface area contributed by atoms with E-state index < -0.39 is 6.17 Å². The maximum absolute atomic E-state index is 14.7. The Bertz CT molecular complexity index is 517. The molecule has 0 saturated carbocycles. The van der Waals surface area contributed by atoms with E-state index in [1.165, 1.54) is 0 Å². The Morgan fingerprint density at radius 2 is 2.05 bits per heavy atom. The summed E-state index contributed by atoms with van der Waals surface area (Å²) >= 11 is 0. The number of benzene rings is 1. The van der Waals surface area contributed by atoms with Crippen LogP contribution in [0.15, 0.2) is 42.6 Å². The van der Waals surface area contributed by atoms with Gasteiger partial charge >= 0.3 is 0 Å². The van der Waals surface area contributed by atoms with Crippen LogP contribution >= 0.6 is 0 Å². The SMILES string of the molecule is FC(c1ccnn1-c1ccccc1)C1CCCCN1. The maximum Gasteiger partial charge on any atom is 0.157 e. The highest BCUT2D eigenvalue weighted by Crippen LogP contribution is 2.27. The second-order valence-electron chi connectivity index (χ2n) is 4.96. The van der Waals surface area contributed by atoms with Crippen LogP contribution in [0.5, 0.6) is 0 Å². The summed E-state index contributed by atoms with van der Waals surface area (Å²) in [6.45, 7) is 0.907. The molecule has 1 aromatic heterocycles. The molecule has 0 radical (unpaired) electrons. The molecule has 3 nitrogen and oxygen atoms in total. The van der Waals surface area contributed by atoms with Gasteiger partial charge < -0.3 is 5.32 Å². The molecule has 1 aliphatic rings.